The Morgan fingerprint density at radius 1 is 1.11 bits per heavy atom. The molecule has 4 rings (SSSR count). The van der Waals surface area contributed by atoms with Crippen molar-refractivity contribution in [1.82, 2.24) is 24.5 Å². The molecule has 0 aliphatic heterocycles. The molecule has 1 aromatic carbocycles. The predicted octanol–water partition coefficient (Wildman–Crippen LogP) is 3.54. The van der Waals surface area contributed by atoms with Crippen molar-refractivity contribution in [3.63, 3.8) is 0 Å². The number of rotatable bonds is 4. The minimum atomic E-state index is -0.214. The summed E-state index contributed by atoms with van der Waals surface area (Å²) >= 11 is 0. The van der Waals surface area contributed by atoms with Crippen LogP contribution in [0.2, 0.25) is 0 Å². The molecule has 0 atom stereocenters. The van der Waals surface area contributed by atoms with Crippen LogP contribution < -0.4 is 10.6 Å². The first-order valence-electron chi connectivity index (χ1n) is 8.75. The summed E-state index contributed by atoms with van der Waals surface area (Å²) in [4.78, 5) is 16.3. The van der Waals surface area contributed by atoms with E-state index in [2.05, 4.69) is 20.7 Å². The standard InChI is InChI=1S/C20H20N6O/c1-3-21-20(27)24-17-6-4-5-15(9-17)18-12-22-19-10-14(7-8-26(18)19)16-11-23-25(2)13-16/h4-13H,3H2,1-2H3,(H2,21,24,27). The van der Waals surface area contributed by atoms with Crippen LogP contribution in [0.25, 0.3) is 28.0 Å². The van der Waals surface area contributed by atoms with E-state index in [1.807, 2.05) is 79.6 Å². The molecule has 0 aliphatic carbocycles. The Labute approximate surface area is 156 Å². The zero-order chi connectivity index (χ0) is 18.8. The molecule has 0 bridgehead atoms. The molecular formula is C20H20N6O. The van der Waals surface area contributed by atoms with E-state index >= 15 is 0 Å². The summed E-state index contributed by atoms with van der Waals surface area (Å²) in [6.45, 7) is 2.46. The molecule has 3 heterocycles. The largest absolute Gasteiger partial charge is 0.338 e. The number of hydrogen-bond donors (Lipinski definition) is 2. The molecule has 7 heteroatoms. The van der Waals surface area contributed by atoms with Gasteiger partial charge < -0.3 is 10.6 Å². The van der Waals surface area contributed by atoms with Crippen LogP contribution in [-0.2, 0) is 7.05 Å². The van der Waals surface area contributed by atoms with Crippen LogP contribution in [0.4, 0.5) is 10.5 Å². The van der Waals surface area contributed by atoms with Crippen molar-refractivity contribution < 1.29 is 4.79 Å². The van der Waals surface area contributed by atoms with Gasteiger partial charge in [0.25, 0.3) is 0 Å². The monoisotopic (exact) mass is 360 g/mol. The van der Waals surface area contributed by atoms with Crippen molar-refractivity contribution in [2.45, 2.75) is 6.92 Å². The summed E-state index contributed by atoms with van der Waals surface area (Å²) in [5, 5.41) is 9.79. The Bertz CT molecular complexity index is 1110. The predicted molar refractivity (Wildman–Crippen MR) is 106 cm³/mol. The second-order valence-corrected chi connectivity index (χ2v) is 6.25. The smallest absolute Gasteiger partial charge is 0.319 e. The van der Waals surface area contributed by atoms with E-state index in [1.165, 1.54) is 0 Å². The Kier molecular flexibility index (Phi) is 4.33. The van der Waals surface area contributed by atoms with Crippen LogP contribution >= 0.6 is 0 Å². The number of pyridine rings is 1. The second-order valence-electron chi connectivity index (χ2n) is 6.25. The summed E-state index contributed by atoms with van der Waals surface area (Å²) in [5.74, 6) is 0. The number of hydrogen-bond acceptors (Lipinski definition) is 3. The summed E-state index contributed by atoms with van der Waals surface area (Å²) in [6, 6.07) is 11.6. The Morgan fingerprint density at radius 3 is 2.78 bits per heavy atom. The lowest BCUT2D eigenvalue weighted by Gasteiger charge is -2.08. The second kappa shape index (κ2) is 6.95. The van der Waals surface area contributed by atoms with Crippen molar-refractivity contribution in [2.24, 2.45) is 7.05 Å². The zero-order valence-corrected chi connectivity index (χ0v) is 15.2. The maximum absolute atomic E-state index is 11.7. The van der Waals surface area contributed by atoms with Crippen LogP contribution in [0.5, 0.6) is 0 Å². The van der Waals surface area contributed by atoms with Gasteiger partial charge in [-0.3, -0.25) is 9.08 Å². The molecule has 0 unspecified atom stereocenters. The Balaban J connectivity index is 1.67. The van der Waals surface area contributed by atoms with E-state index < -0.39 is 0 Å². The first-order valence-corrected chi connectivity index (χ1v) is 8.75. The highest BCUT2D eigenvalue weighted by molar-refractivity contribution is 5.90. The number of aromatic nitrogens is 4. The van der Waals surface area contributed by atoms with Crippen LogP contribution in [0, 0.1) is 0 Å². The molecule has 3 aromatic heterocycles. The molecule has 0 radical (unpaired) electrons. The van der Waals surface area contributed by atoms with Crippen LogP contribution in [0.15, 0.2) is 61.2 Å². The fourth-order valence-corrected chi connectivity index (χ4v) is 3.04. The number of benzene rings is 1. The molecule has 0 saturated heterocycles. The Morgan fingerprint density at radius 2 is 2.00 bits per heavy atom. The van der Waals surface area contributed by atoms with Crippen LogP contribution in [0.1, 0.15) is 6.92 Å². The van der Waals surface area contributed by atoms with Gasteiger partial charge in [-0.1, -0.05) is 12.1 Å². The van der Waals surface area contributed by atoms with Gasteiger partial charge in [0.05, 0.1) is 18.1 Å². The lowest BCUT2D eigenvalue weighted by molar-refractivity contribution is 0.252. The van der Waals surface area contributed by atoms with Crippen molar-refractivity contribution in [3.8, 4) is 22.4 Å². The number of nitrogens with one attached hydrogen (secondary N) is 2. The van der Waals surface area contributed by atoms with E-state index in [0.29, 0.717) is 6.54 Å². The number of urea groups is 1. The van der Waals surface area contributed by atoms with E-state index in [1.54, 1.807) is 4.68 Å². The fraction of sp³-hybridized carbons (Fsp3) is 0.150. The molecule has 0 fully saturated rings. The molecule has 0 aliphatic rings. The number of carbonyl (C=O) groups excluding carboxylic acids is 1. The summed E-state index contributed by atoms with van der Waals surface area (Å²) in [5.41, 5.74) is 5.65. The lowest BCUT2D eigenvalue weighted by atomic mass is 10.1. The zero-order valence-electron chi connectivity index (χ0n) is 15.2. The van der Waals surface area contributed by atoms with Gasteiger partial charge in [-0.05, 0) is 36.8 Å². The average Bonchev–Trinajstić information content (AvgIpc) is 3.27. The molecule has 2 amide bonds. The number of imidazole rings is 1. The molecule has 0 spiro atoms. The third kappa shape index (κ3) is 3.39. The average molecular weight is 360 g/mol. The van der Waals surface area contributed by atoms with E-state index in [4.69, 9.17) is 0 Å². The minimum absolute atomic E-state index is 0.214. The third-order valence-corrected chi connectivity index (χ3v) is 4.30. The molecule has 4 aromatic rings. The van der Waals surface area contributed by atoms with E-state index in [0.717, 1.165) is 33.7 Å². The number of nitrogens with zero attached hydrogens (tertiary/aromatic N) is 4. The summed E-state index contributed by atoms with van der Waals surface area (Å²) in [7, 11) is 1.90. The number of anilines is 1. The highest BCUT2D eigenvalue weighted by Crippen LogP contribution is 2.26. The van der Waals surface area contributed by atoms with Gasteiger partial charge in [-0.2, -0.15) is 5.10 Å². The van der Waals surface area contributed by atoms with E-state index in [9.17, 15) is 4.79 Å². The van der Waals surface area contributed by atoms with E-state index in [-0.39, 0.29) is 6.03 Å². The van der Waals surface area contributed by atoms with Crippen LogP contribution in [0.3, 0.4) is 0 Å². The van der Waals surface area contributed by atoms with Crippen LogP contribution in [-0.4, -0.2) is 31.7 Å². The molecule has 136 valence electrons. The maximum Gasteiger partial charge on any atom is 0.319 e. The molecule has 27 heavy (non-hydrogen) atoms. The first kappa shape index (κ1) is 16.8. The van der Waals surface area contributed by atoms with Crippen molar-refractivity contribution >= 4 is 17.4 Å². The molecular weight excluding hydrogens is 340 g/mol. The number of carbonyl (C=O) groups is 1. The highest BCUT2D eigenvalue weighted by Gasteiger charge is 2.09. The normalized spacial score (nSPS) is 10.9. The molecule has 2 N–H and O–H groups in total. The minimum Gasteiger partial charge on any atom is -0.338 e. The lowest BCUT2D eigenvalue weighted by Crippen LogP contribution is -2.28. The van der Waals surface area contributed by atoms with Gasteiger partial charge in [-0.25, -0.2) is 9.78 Å². The summed E-state index contributed by atoms with van der Waals surface area (Å²) in [6.07, 6.45) is 7.66. The molecule has 0 saturated carbocycles. The van der Waals surface area contributed by atoms with Gasteiger partial charge in [0, 0.05) is 42.8 Å². The topological polar surface area (TPSA) is 76.2 Å². The third-order valence-electron chi connectivity index (χ3n) is 4.30. The van der Waals surface area contributed by atoms with Gasteiger partial charge in [0.15, 0.2) is 0 Å². The van der Waals surface area contributed by atoms with Crippen molar-refractivity contribution in [1.29, 1.82) is 0 Å². The number of amides is 2. The van der Waals surface area contributed by atoms with Crippen molar-refractivity contribution in [2.75, 3.05) is 11.9 Å². The highest BCUT2D eigenvalue weighted by atomic mass is 16.2. The Hall–Kier alpha value is -3.61. The SMILES string of the molecule is CCNC(=O)Nc1cccc(-c2cnc3cc(-c4cnn(C)c4)ccn23)c1. The quantitative estimate of drug-likeness (QED) is 0.584. The maximum atomic E-state index is 11.7. The van der Waals surface area contributed by atoms with Crippen molar-refractivity contribution in [3.05, 3.63) is 61.2 Å². The van der Waals surface area contributed by atoms with Gasteiger partial charge in [0.1, 0.15) is 5.65 Å². The number of aryl methyl sites for hydroxylation is 1. The number of fused-ring (bicyclic) bond motifs is 1. The van der Waals surface area contributed by atoms with Gasteiger partial charge >= 0.3 is 6.03 Å². The first-order chi connectivity index (χ1) is 13.1. The summed E-state index contributed by atoms with van der Waals surface area (Å²) < 4.78 is 3.81. The van der Waals surface area contributed by atoms with Gasteiger partial charge in [0.2, 0.25) is 0 Å². The molecule has 7 nitrogen and oxygen atoms in total. The fourth-order valence-electron chi connectivity index (χ4n) is 3.04. The van der Waals surface area contributed by atoms with Gasteiger partial charge in [-0.15, -0.1) is 0 Å².